The molecule has 40 heavy (non-hydrogen) atoms. The monoisotopic (exact) mass is 563 g/mol. The van der Waals surface area contributed by atoms with Crippen LogP contribution < -0.4 is 20.9 Å². The van der Waals surface area contributed by atoms with Gasteiger partial charge in [-0.25, -0.2) is 0 Å². The molecule has 0 bridgehead atoms. The minimum absolute atomic E-state index is 0.0634. The summed E-state index contributed by atoms with van der Waals surface area (Å²) in [5, 5.41) is 6.55. The molecular weight excluding hydrogens is 537 g/mol. The van der Waals surface area contributed by atoms with E-state index in [1.54, 1.807) is 47.0 Å². The van der Waals surface area contributed by atoms with Crippen LogP contribution in [0, 0.1) is 5.95 Å². The molecule has 5 rings (SSSR count). The highest BCUT2D eigenvalue weighted by atomic mass is 35.5. The normalized spacial score (nSPS) is 14.9. The van der Waals surface area contributed by atoms with Crippen molar-refractivity contribution in [2.24, 2.45) is 0 Å². The average Bonchev–Trinajstić information content (AvgIpc) is 2.96. The lowest BCUT2D eigenvalue weighted by molar-refractivity contribution is 0.0169. The van der Waals surface area contributed by atoms with Gasteiger partial charge in [0.05, 0.1) is 12.6 Å². The number of anilines is 2. The third-order valence-corrected chi connectivity index (χ3v) is 6.54. The van der Waals surface area contributed by atoms with E-state index in [0.29, 0.717) is 36.2 Å². The first-order chi connectivity index (χ1) is 19.4. The number of hydrogen-bond donors (Lipinski definition) is 2. The van der Waals surface area contributed by atoms with Crippen molar-refractivity contribution in [2.75, 3.05) is 18.5 Å². The molecule has 1 aliphatic heterocycles. The van der Waals surface area contributed by atoms with Crippen molar-refractivity contribution in [3.05, 3.63) is 105 Å². The van der Waals surface area contributed by atoms with E-state index in [4.69, 9.17) is 21.1 Å². The van der Waals surface area contributed by atoms with E-state index < -0.39 is 17.4 Å². The fourth-order valence-electron chi connectivity index (χ4n) is 4.23. The quantitative estimate of drug-likeness (QED) is 0.266. The van der Waals surface area contributed by atoms with Gasteiger partial charge in [0.15, 0.2) is 0 Å². The summed E-state index contributed by atoms with van der Waals surface area (Å²) in [7, 11) is 0. The van der Waals surface area contributed by atoms with Crippen LogP contribution in [0.4, 0.5) is 16.0 Å². The largest absolute Gasteiger partial charge is 0.439 e. The van der Waals surface area contributed by atoms with Crippen molar-refractivity contribution < 1.29 is 18.7 Å². The van der Waals surface area contributed by atoms with Crippen LogP contribution in [-0.4, -0.2) is 39.7 Å². The van der Waals surface area contributed by atoms with Crippen molar-refractivity contribution in [3.8, 4) is 11.6 Å². The Hall–Kier alpha value is -4.28. The molecule has 1 amide bonds. The number of pyridine rings is 1. The van der Waals surface area contributed by atoms with Crippen LogP contribution in [0.25, 0.3) is 0 Å². The Morgan fingerprint density at radius 2 is 1.88 bits per heavy atom. The first-order valence-corrected chi connectivity index (χ1v) is 13.2. The van der Waals surface area contributed by atoms with Gasteiger partial charge < -0.3 is 24.7 Å². The van der Waals surface area contributed by atoms with Crippen molar-refractivity contribution in [1.82, 2.24) is 19.9 Å². The van der Waals surface area contributed by atoms with E-state index in [-0.39, 0.29) is 23.5 Å². The summed E-state index contributed by atoms with van der Waals surface area (Å²) in [5.41, 5.74) is 0.782. The summed E-state index contributed by atoms with van der Waals surface area (Å²) < 4.78 is 26.3. The number of rotatable bonds is 9. The van der Waals surface area contributed by atoms with Crippen LogP contribution in [-0.2, 0) is 11.3 Å². The van der Waals surface area contributed by atoms with Gasteiger partial charge in [0.2, 0.25) is 17.8 Å². The van der Waals surface area contributed by atoms with Crippen LogP contribution in [0.5, 0.6) is 11.6 Å². The highest BCUT2D eigenvalue weighted by molar-refractivity contribution is 6.30. The maximum absolute atomic E-state index is 13.4. The Bertz CT molecular complexity index is 1520. The third kappa shape index (κ3) is 7.22. The SMILES string of the molecule is O=C(NCC1CCCCO1)c1cn(Cc2ccc(Cl)cc2)c(Nc2ccc(Oc3cccc(F)n3)cc2)nc1=O. The number of ether oxygens (including phenoxy) is 2. The van der Waals surface area contributed by atoms with Crippen molar-refractivity contribution in [2.45, 2.75) is 31.9 Å². The second-order valence-electron chi connectivity index (χ2n) is 9.29. The first kappa shape index (κ1) is 27.3. The first-order valence-electron chi connectivity index (χ1n) is 12.9. The summed E-state index contributed by atoms with van der Waals surface area (Å²) in [4.78, 5) is 33.7. The highest BCUT2D eigenvalue weighted by Gasteiger charge is 2.19. The summed E-state index contributed by atoms with van der Waals surface area (Å²) in [6.45, 7) is 1.32. The van der Waals surface area contributed by atoms with Gasteiger partial charge in [0, 0.05) is 36.1 Å². The maximum Gasteiger partial charge on any atom is 0.287 e. The van der Waals surface area contributed by atoms with Crippen LogP contribution in [0.1, 0.15) is 35.2 Å². The Morgan fingerprint density at radius 1 is 1.07 bits per heavy atom. The van der Waals surface area contributed by atoms with E-state index in [9.17, 15) is 14.0 Å². The van der Waals surface area contributed by atoms with E-state index in [1.807, 2.05) is 12.1 Å². The molecule has 4 aromatic rings. The average molecular weight is 564 g/mol. The molecule has 2 N–H and O–H groups in total. The topological polar surface area (TPSA) is 107 Å². The minimum atomic E-state index is -0.658. The smallest absolute Gasteiger partial charge is 0.287 e. The molecule has 2 aromatic carbocycles. The molecule has 1 unspecified atom stereocenters. The second-order valence-corrected chi connectivity index (χ2v) is 9.72. The predicted molar refractivity (Wildman–Crippen MR) is 149 cm³/mol. The molecule has 0 radical (unpaired) electrons. The molecule has 0 saturated carbocycles. The Kier molecular flexibility index (Phi) is 8.68. The standard InChI is InChI=1S/C29H27ClFN5O4/c30-20-9-7-19(8-10-20)17-36-18-24(27(37)32-16-23-4-1-2-15-39-23)28(38)35-29(36)33-21-11-13-22(14-12-21)40-26-6-3-5-25(31)34-26/h3,5-14,18,23H,1-2,4,15-17H2,(H,32,37)(H,33,35,38). The van der Waals surface area contributed by atoms with Gasteiger partial charge in [-0.1, -0.05) is 29.8 Å². The number of benzene rings is 2. The number of hydrogen-bond acceptors (Lipinski definition) is 7. The minimum Gasteiger partial charge on any atom is -0.439 e. The zero-order chi connectivity index (χ0) is 27.9. The van der Waals surface area contributed by atoms with Gasteiger partial charge in [0.1, 0.15) is 11.3 Å². The van der Waals surface area contributed by atoms with Gasteiger partial charge >= 0.3 is 0 Å². The molecule has 1 saturated heterocycles. The van der Waals surface area contributed by atoms with Gasteiger partial charge in [-0.05, 0) is 67.3 Å². The number of nitrogens with zero attached hydrogens (tertiary/aromatic N) is 3. The number of amides is 1. The highest BCUT2D eigenvalue weighted by Crippen LogP contribution is 2.23. The molecule has 2 aromatic heterocycles. The fraction of sp³-hybridized carbons (Fsp3) is 0.241. The van der Waals surface area contributed by atoms with Crippen LogP contribution in [0.15, 0.2) is 77.7 Å². The number of aromatic nitrogens is 3. The van der Waals surface area contributed by atoms with Crippen molar-refractivity contribution >= 4 is 29.1 Å². The van der Waals surface area contributed by atoms with Crippen LogP contribution in [0.2, 0.25) is 5.02 Å². The van der Waals surface area contributed by atoms with Crippen molar-refractivity contribution in [3.63, 3.8) is 0 Å². The summed E-state index contributed by atoms with van der Waals surface area (Å²) in [6, 6.07) is 18.3. The molecule has 3 heterocycles. The lowest BCUT2D eigenvalue weighted by atomic mass is 10.1. The zero-order valence-electron chi connectivity index (χ0n) is 21.5. The second kappa shape index (κ2) is 12.7. The molecule has 0 spiro atoms. The van der Waals surface area contributed by atoms with Gasteiger partial charge in [0.25, 0.3) is 11.5 Å². The lowest BCUT2D eigenvalue weighted by Crippen LogP contribution is -2.38. The molecule has 1 aliphatic rings. The van der Waals surface area contributed by atoms with Gasteiger partial charge in [-0.2, -0.15) is 14.4 Å². The van der Waals surface area contributed by atoms with Gasteiger partial charge in [-0.3, -0.25) is 9.59 Å². The molecular formula is C29H27ClFN5O4. The third-order valence-electron chi connectivity index (χ3n) is 6.29. The Balaban J connectivity index is 1.36. The number of nitrogens with one attached hydrogen (secondary N) is 2. The van der Waals surface area contributed by atoms with E-state index in [1.165, 1.54) is 18.3 Å². The molecule has 206 valence electrons. The van der Waals surface area contributed by atoms with Gasteiger partial charge in [-0.15, -0.1) is 0 Å². The fourth-order valence-corrected chi connectivity index (χ4v) is 4.35. The number of carbonyl (C=O) groups excluding carboxylic acids is 1. The predicted octanol–water partition coefficient (Wildman–Crippen LogP) is 5.31. The summed E-state index contributed by atoms with van der Waals surface area (Å²) in [5.74, 6) is -0.324. The number of carbonyl (C=O) groups is 1. The molecule has 9 nitrogen and oxygen atoms in total. The Labute approximate surface area is 235 Å². The molecule has 1 atom stereocenters. The molecule has 0 aliphatic carbocycles. The summed E-state index contributed by atoms with van der Waals surface area (Å²) >= 11 is 6.04. The van der Waals surface area contributed by atoms with E-state index in [2.05, 4.69) is 20.6 Å². The lowest BCUT2D eigenvalue weighted by Gasteiger charge is -2.22. The zero-order valence-corrected chi connectivity index (χ0v) is 22.2. The van der Waals surface area contributed by atoms with Crippen LogP contribution >= 0.6 is 11.6 Å². The van der Waals surface area contributed by atoms with E-state index in [0.717, 1.165) is 24.8 Å². The van der Waals surface area contributed by atoms with E-state index >= 15 is 0 Å². The maximum atomic E-state index is 13.4. The summed E-state index contributed by atoms with van der Waals surface area (Å²) in [6.07, 6.45) is 4.36. The molecule has 1 fully saturated rings. The number of halogens is 2. The molecule has 11 heteroatoms. The van der Waals surface area contributed by atoms with Crippen LogP contribution in [0.3, 0.4) is 0 Å². The van der Waals surface area contributed by atoms with Crippen molar-refractivity contribution in [1.29, 1.82) is 0 Å². The Morgan fingerprint density at radius 3 is 2.60 bits per heavy atom.